The van der Waals surface area contributed by atoms with E-state index in [1.165, 1.54) is 231 Å². The molecule has 0 aromatic rings. The third-order valence-corrected chi connectivity index (χ3v) is 13.2. The maximum atomic E-state index is 12.4. The Labute approximate surface area is 399 Å². The SMILES string of the molecule is CCCCCCCCC/C=C\CCCCCCCC(=O)OCCCCCCCCCCCC/C=C\CCCCCCCCCC(=O)NC(CO)C(O)CCCCCCCCCCCC. The van der Waals surface area contributed by atoms with Crippen molar-refractivity contribution >= 4 is 11.9 Å². The number of allylic oxidation sites excluding steroid dienone is 4. The molecule has 0 fully saturated rings. The Morgan fingerprint density at radius 1 is 0.422 bits per heavy atom. The average molecular weight is 903 g/mol. The molecule has 0 saturated heterocycles. The Morgan fingerprint density at radius 3 is 1.11 bits per heavy atom. The highest BCUT2D eigenvalue weighted by molar-refractivity contribution is 5.76. The van der Waals surface area contributed by atoms with Gasteiger partial charge in [0.05, 0.1) is 25.4 Å². The zero-order valence-electron chi connectivity index (χ0n) is 43.0. The summed E-state index contributed by atoms with van der Waals surface area (Å²) < 4.78 is 5.48. The van der Waals surface area contributed by atoms with Crippen LogP contribution in [0, 0.1) is 0 Å². The van der Waals surface area contributed by atoms with Crippen LogP contribution < -0.4 is 5.32 Å². The van der Waals surface area contributed by atoms with Gasteiger partial charge in [-0.1, -0.05) is 244 Å². The minimum Gasteiger partial charge on any atom is -0.466 e. The Bertz CT molecular complexity index is 997. The van der Waals surface area contributed by atoms with Gasteiger partial charge in [0.2, 0.25) is 5.91 Å². The maximum Gasteiger partial charge on any atom is 0.305 e. The molecular formula is C58H111NO5. The van der Waals surface area contributed by atoms with Gasteiger partial charge in [-0.25, -0.2) is 0 Å². The summed E-state index contributed by atoms with van der Waals surface area (Å²) in [5, 5.41) is 23.1. The number of carbonyl (C=O) groups excluding carboxylic acids is 2. The fraction of sp³-hybridized carbons (Fsp3) is 0.897. The van der Waals surface area contributed by atoms with Crippen LogP contribution in [0.1, 0.15) is 309 Å². The number of ether oxygens (including phenoxy) is 1. The summed E-state index contributed by atoms with van der Waals surface area (Å²) in [7, 11) is 0. The smallest absolute Gasteiger partial charge is 0.305 e. The number of nitrogens with one attached hydrogen (secondary N) is 1. The standard InChI is InChI=1S/C58H111NO5/c1-3-5-7-9-11-13-15-16-17-26-29-32-36-40-44-48-52-58(63)64-53-49-45-41-37-33-30-27-24-22-20-18-19-21-23-25-28-31-35-39-43-47-51-57(62)59-55(54-60)56(61)50-46-42-38-34-14-12-10-8-6-4-2/h17,19,21,26,55-56,60-61H,3-16,18,20,22-25,27-54H2,1-2H3,(H,59,62)/b21-19-,26-17-. The van der Waals surface area contributed by atoms with Gasteiger partial charge in [-0.2, -0.15) is 0 Å². The van der Waals surface area contributed by atoms with Crippen LogP contribution in [-0.4, -0.2) is 47.4 Å². The predicted molar refractivity (Wildman–Crippen MR) is 278 cm³/mol. The number of unbranched alkanes of at least 4 members (excludes halogenated alkanes) is 38. The second-order valence-electron chi connectivity index (χ2n) is 19.6. The van der Waals surface area contributed by atoms with Crippen LogP contribution in [-0.2, 0) is 14.3 Å². The molecule has 0 saturated carbocycles. The van der Waals surface area contributed by atoms with Gasteiger partial charge in [-0.05, 0) is 77.0 Å². The molecule has 6 heteroatoms. The minimum absolute atomic E-state index is 0.000765. The number of hydrogen-bond donors (Lipinski definition) is 3. The number of amides is 1. The Morgan fingerprint density at radius 2 is 0.734 bits per heavy atom. The molecule has 0 spiro atoms. The van der Waals surface area contributed by atoms with Crippen molar-refractivity contribution in [1.29, 1.82) is 0 Å². The fourth-order valence-electron chi connectivity index (χ4n) is 8.81. The van der Waals surface area contributed by atoms with Gasteiger partial charge < -0.3 is 20.3 Å². The van der Waals surface area contributed by atoms with E-state index in [2.05, 4.69) is 43.5 Å². The Hall–Kier alpha value is -1.66. The molecule has 0 bridgehead atoms. The fourth-order valence-corrected chi connectivity index (χ4v) is 8.81. The molecule has 378 valence electrons. The van der Waals surface area contributed by atoms with Crippen LogP contribution >= 0.6 is 0 Å². The van der Waals surface area contributed by atoms with Gasteiger partial charge in [0.15, 0.2) is 0 Å². The van der Waals surface area contributed by atoms with Crippen LogP contribution in [0.2, 0.25) is 0 Å². The van der Waals surface area contributed by atoms with Gasteiger partial charge in [0.1, 0.15) is 0 Å². The lowest BCUT2D eigenvalue weighted by Gasteiger charge is -2.22. The number of aliphatic hydroxyl groups excluding tert-OH is 2. The monoisotopic (exact) mass is 902 g/mol. The Balaban J connectivity index is 3.40. The first-order chi connectivity index (χ1) is 31.5. The highest BCUT2D eigenvalue weighted by Crippen LogP contribution is 2.16. The van der Waals surface area contributed by atoms with Crippen molar-refractivity contribution in [3.63, 3.8) is 0 Å². The van der Waals surface area contributed by atoms with E-state index in [1.807, 2.05) is 0 Å². The van der Waals surface area contributed by atoms with Crippen LogP contribution in [0.3, 0.4) is 0 Å². The van der Waals surface area contributed by atoms with Gasteiger partial charge in [-0.3, -0.25) is 9.59 Å². The molecule has 0 aliphatic rings. The quantitative estimate of drug-likeness (QED) is 0.0321. The van der Waals surface area contributed by atoms with E-state index in [9.17, 15) is 19.8 Å². The van der Waals surface area contributed by atoms with E-state index in [1.54, 1.807) is 0 Å². The summed E-state index contributed by atoms with van der Waals surface area (Å²) >= 11 is 0. The molecule has 0 radical (unpaired) electrons. The molecule has 0 aromatic heterocycles. The number of carbonyl (C=O) groups is 2. The highest BCUT2D eigenvalue weighted by Gasteiger charge is 2.20. The summed E-state index contributed by atoms with van der Waals surface area (Å²) in [5.41, 5.74) is 0. The van der Waals surface area contributed by atoms with Gasteiger partial charge in [0, 0.05) is 12.8 Å². The molecule has 2 unspecified atom stereocenters. The summed E-state index contributed by atoms with van der Waals surface area (Å²) in [5.74, 6) is -0.0435. The maximum absolute atomic E-state index is 12.4. The summed E-state index contributed by atoms with van der Waals surface area (Å²) in [4.78, 5) is 24.5. The normalized spacial score (nSPS) is 12.8. The molecule has 64 heavy (non-hydrogen) atoms. The molecule has 1 amide bonds. The predicted octanol–water partition coefficient (Wildman–Crippen LogP) is 17.5. The van der Waals surface area contributed by atoms with Crippen molar-refractivity contribution in [2.45, 2.75) is 321 Å². The molecule has 6 nitrogen and oxygen atoms in total. The summed E-state index contributed by atoms with van der Waals surface area (Å²) in [6, 6.07) is -0.545. The van der Waals surface area contributed by atoms with Crippen LogP contribution in [0.15, 0.2) is 24.3 Å². The first-order valence-electron chi connectivity index (χ1n) is 28.6. The lowest BCUT2D eigenvalue weighted by atomic mass is 10.0. The Kier molecular flexibility index (Phi) is 52.6. The highest BCUT2D eigenvalue weighted by atomic mass is 16.5. The van der Waals surface area contributed by atoms with Crippen molar-refractivity contribution < 1.29 is 24.5 Å². The average Bonchev–Trinajstić information content (AvgIpc) is 3.29. The number of rotatable bonds is 53. The van der Waals surface area contributed by atoms with Crippen molar-refractivity contribution in [2.75, 3.05) is 13.2 Å². The molecule has 0 aliphatic heterocycles. The molecular weight excluding hydrogens is 791 g/mol. The minimum atomic E-state index is -0.667. The third-order valence-electron chi connectivity index (χ3n) is 13.2. The van der Waals surface area contributed by atoms with E-state index >= 15 is 0 Å². The molecule has 2 atom stereocenters. The zero-order valence-corrected chi connectivity index (χ0v) is 43.0. The molecule has 0 aliphatic carbocycles. The lowest BCUT2D eigenvalue weighted by molar-refractivity contribution is -0.143. The first kappa shape index (κ1) is 62.3. The topological polar surface area (TPSA) is 95.9 Å². The van der Waals surface area contributed by atoms with Crippen LogP contribution in [0.25, 0.3) is 0 Å². The summed E-state index contributed by atoms with van der Waals surface area (Å²) in [6.45, 7) is 4.93. The summed E-state index contributed by atoms with van der Waals surface area (Å²) in [6.07, 6.45) is 64.6. The zero-order chi connectivity index (χ0) is 46.5. The van der Waals surface area contributed by atoms with E-state index < -0.39 is 12.1 Å². The largest absolute Gasteiger partial charge is 0.466 e. The molecule has 3 N–H and O–H groups in total. The van der Waals surface area contributed by atoms with Gasteiger partial charge in [-0.15, -0.1) is 0 Å². The molecule has 0 rings (SSSR count). The van der Waals surface area contributed by atoms with Crippen molar-refractivity contribution in [1.82, 2.24) is 5.32 Å². The van der Waals surface area contributed by atoms with Crippen molar-refractivity contribution in [2.24, 2.45) is 0 Å². The van der Waals surface area contributed by atoms with E-state index in [-0.39, 0.29) is 18.5 Å². The number of hydrogen-bond acceptors (Lipinski definition) is 5. The lowest BCUT2D eigenvalue weighted by Crippen LogP contribution is -2.45. The number of aliphatic hydroxyl groups is 2. The van der Waals surface area contributed by atoms with E-state index in [0.717, 1.165) is 44.9 Å². The molecule has 0 heterocycles. The molecule has 0 aromatic carbocycles. The second-order valence-corrected chi connectivity index (χ2v) is 19.6. The van der Waals surface area contributed by atoms with Crippen molar-refractivity contribution in [3.8, 4) is 0 Å². The third kappa shape index (κ3) is 49.8. The van der Waals surface area contributed by atoms with Gasteiger partial charge >= 0.3 is 5.97 Å². The van der Waals surface area contributed by atoms with E-state index in [0.29, 0.717) is 25.9 Å². The number of esters is 1. The van der Waals surface area contributed by atoms with Crippen molar-refractivity contribution in [3.05, 3.63) is 24.3 Å². The van der Waals surface area contributed by atoms with Crippen LogP contribution in [0.5, 0.6) is 0 Å². The first-order valence-corrected chi connectivity index (χ1v) is 28.6. The van der Waals surface area contributed by atoms with E-state index in [4.69, 9.17) is 4.74 Å². The van der Waals surface area contributed by atoms with Gasteiger partial charge in [0.25, 0.3) is 0 Å². The second kappa shape index (κ2) is 54.0. The van der Waals surface area contributed by atoms with Crippen LogP contribution in [0.4, 0.5) is 0 Å².